The van der Waals surface area contributed by atoms with E-state index in [1.807, 2.05) is 0 Å². The fourth-order valence-corrected chi connectivity index (χ4v) is 4.23. The van der Waals surface area contributed by atoms with Crippen molar-refractivity contribution < 1.29 is 9.47 Å². The lowest BCUT2D eigenvalue weighted by molar-refractivity contribution is -0.101. The molecule has 0 aromatic carbocycles. The van der Waals surface area contributed by atoms with Crippen molar-refractivity contribution in [3.8, 4) is 0 Å². The average Bonchev–Trinajstić information content (AvgIpc) is 2.98. The Kier molecular flexibility index (Phi) is 3.78. The van der Waals surface area contributed by atoms with Crippen LogP contribution in [-0.4, -0.2) is 25.4 Å². The van der Waals surface area contributed by atoms with Gasteiger partial charge >= 0.3 is 0 Å². The van der Waals surface area contributed by atoms with Gasteiger partial charge in [0.2, 0.25) is 0 Å². The minimum absolute atomic E-state index is 0.0478. The van der Waals surface area contributed by atoms with Crippen LogP contribution in [0.3, 0.4) is 0 Å². The van der Waals surface area contributed by atoms with E-state index in [4.69, 9.17) is 15.2 Å². The lowest BCUT2D eigenvalue weighted by Crippen LogP contribution is -2.43. The second-order valence-corrected chi connectivity index (χ2v) is 7.59. The van der Waals surface area contributed by atoms with E-state index in [2.05, 4.69) is 27.4 Å². The maximum atomic E-state index is 6.42. The Morgan fingerprint density at radius 1 is 1.50 bits per heavy atom. The summed E-state index contributed by atoms with van der Waals surface area (Å²) in [7, 11) is 0. The van der Waals surface area contributed by atoms with E-state index in [1.54, 1.807) is 11.3 Å². The molecule has 3 nitrogen and oxygen atoms in total. The molecule has 3 heterocycles. The van der Waals surface area contributed by atoms with Gasteiger partial charge in [0, 0.05) is 25.7 Å². The van der Waals surface area contributed by atoms with Crippen LogP contribution in [0.2, 0.25) is 0 Å². The van der Waals surface area contributed by atoms with Crippen LogP contribution < -0.4 is 5.73 Å². The molecule has 3 rings (SSSR count). The van der Waals surface area contributed by atoms with Gasteiger partial charge in [-0.15, -0.1) is 11.3 Å². The van der Waals surface area contributed by atoms with E-state index in [9.17, 15) is 0 Å². The van der Waals surface area contributed by atoms with Gasteiger partial charge in [0.1, 0.15) is 0 Å². The maximum Gasteiger partial charge on any atom is 0.0940 e. The smallest absolute Gasteiger partial charge is 0.0940 e. The minimum atomic E-state index is -0.0478. The Morgan fingerprint density at radius 2 is 2.39 bits per heavy atom. The molecule has 0 radical (unpaired) electrons. The van der Waals surface area contributed by atoms with Crippen molar-refractivity contribution in [3.05, 3.63) is 20.8 Å². The van der Waals surface area contributed by atoms with E-state index < -0.39 is 0 Å². The largest absolute Gasteiger partial charge is 0.378 e. The number of rotatable bonds is 2. The molecule has 100 valence electrons. The third kappa shape index (κ3) is 2.51. The molecule has 5 heteroatoms. The van der Waals surface area contributed by atoms with Crippen LogP contribution in [0.4, 0.5) is 0 Å². The third-order valence-corrected chi connectivity index (χ3v) is 5.60. The van der Waals surface area contributed by atoms with Crippen molar-refractivity contribution in [2.24, 2.45) is 11.7 Å². The molecule has 0 saturated carbocycles. The van der Waals surface area contributed by atoms with E-state index in [-0.39, 0.29) is 11.6 Å². The molecule has 2 fully saturated rings. The van der Waals surface area contributed by atoms with Gasteiger partial charge in [-0.2, -0.15) is 0 Å². The van der Waals surface area contributed by atoms with Crippen molar-refractivity contribution in [2.45, 2.75) is 30.9 Å². The number of ether oxygens (including phenoxy) is 2. The van der Waals surface area contributed by atoms with Gasteiger partial charge < -0.3 is 15.2 Å². The standard InChI is InChI=1S/C13H18BrNO2S/c14-11-5-10(7-18-11)12(15)9-1-3-17-13(6-9)2-4-16-8-13/h5,7,9,12H,1-4,6,8,15H2. The van der Waals surface area contributed by atoms with Gasteiger partial charge in [0.25, 0.3) is 0 Å². The van der Waals surface area contributed by atoms with Crippen LogP contribution >= 0.6 is 27.3 Å². The topological polar surface area (TPSA) is 44.5 Å². The molecule has 0 bridgehead atoms. The second-order valence-electron chi connectivity index (χ2n) is 5.30. The number of nitrogens with two attached hydrogens (primary N) is 1. The second kappa shape index (κ2) is 5.21. The number of hydrogen-bond acceptors (Lipinski definition) is 4. The molecule has 3 unspecified atom stereocenters. The Hall–Kier alpha value is 0.0600. The van der Waals surface area contributed by atoms with Crippen molar-refractivity contribution in [2.75, 3.05) is 19.8 Å². The van der Waals surface area contributed by atoms with Crippen LogP contribution in [0.25, 0.3) is 0 Å². The molecule has 1 aromatic rings. The van der Waals surface area contributed by atoms with Gasteiger partial charge in [0.15, 0.2) is 0 Å². The monoisotopic (exact) mass is 331 g/mol. The molecule has 1 spiro atoms. The molecule has 0 aliphatic carbocycles. The summed E-state index contributed by atoms with van der Waals surface area (Å²) in [5.74, 6) is 0.502. The first-order chi connectivity index (χ1) is 8.69. The van der Waals surface area contributed by atoms with Crippen molar-refractivity contribution in [1.29, 1.82) is 0 Å². The Morgan fingerprint density at radius 3 is 3.06 bits per heavy atom. The van der Waals surface area contributed by atoms with Crippen molar-refractivity contribution >= 4 is 27.3 Å². The van der Waals surface area contributed by atoms with Gasteiger partial charge in [-0.25, -0.2) is 0 Å². The van der Waals surface area contributed by atoms with E-state index in [1.165, 1.54) is 5.56 Å². The summed E-state index contributed by atoms with van der Waals surface area (Å²) in [6.07, 6.45) is 3.10. The minimum Gasteiger partial charge on any atom is -0.378 e. The molecule has 18 heavy (non-hydrogen) atoms. The first kappa shape index (κ1) is 13.1. The quantitative estimate of drug-likeness (QED) is 0.905. The summed E-state index contributed by atoms with van der Waals surface area (Å²) >= 11 is 5.20. The molecular weight excluding hydrogens is 314 g/mol. The Balaban J connectivity index is 1.72. The third-order valence-electron chi connectivity index (χ3n) is 4.08. The summed E-state index contributed by atoms with van der Waals surface area (Å²) in [6, 6.07) is 2.26. The number of hydrogen-bond donors (Lipinski definition) is 1. The normalized spacial score (nSPS) is 34.0. The lowest BCUT2D eigenvalue weighted by Gasteiger charge is -2.39. The highest BCUT2D eigenvalue weighted by Gasteiger charge is 2.42. The summed E-state index contributed by atoms with van der Waals surface area (Å²) in [4.78, 5) is 0. The molecule has 0 amide bonds. The maximum absolute atomic E-state index is 6.42. The van der Waals surface area contributed by atoms with Crippen molar-refractivity contribution in [3.63, 3.8) is 0 Å². The predicted molar refractivity (Wildman–Crippen MR) is 75.8 cm³/mol. The summed E-state index contributed by atoms with van der Waals surface area (Å²) < 4.78 is 12.6. The number of thiophene rings is 1. The van der Waals surface area contributed by atoms with E-state index in [0.29, 0.717) is 5.92 Å². The zero-order chi connectivity index (χ0) is 12.6. The van der Waals surface area contributed by atoms with Crippen LogP contribution in [0, 0.1) is 5.92 Å². The summed E-state index contributed by atoms with van der Waals surface area (Å²) in [6.45, 7) is 2.38. The molecule has 2 saturated heterocycles. The molecule has 3 atom stereocenters. The zero-order valence-corrected chi connectivity index (χ0v) is 12.6. The SMILES string of the molecule is NC(c1csc(Br)c1)C1CCOC2(CCOC2)C1. The van der Waals surface area contributed by atoms with Gasteiger partial charge in [0.05, 0.1) is 16.0 Å². The van der Waals surface area contributed by atoms with Gasteiger partial charge in [-0.3, -0.25) is 0 Å². The van der Waals surface area contributed by atoms with Gasteiger partial charge in [-0.05, 0) is 51.7 Å². The zero-order valence-electron chi connectivity index (χ0n) is 10.2. The van der Waals surface area contributed by atoms with Crippen LogP contribution in [0.15, 0.2) is 15.2 Å². The highest BCUT2D eigenvalue weighted by atomic mass is 79.9. The van der Waals surface area contributed by atoms with E-state index >= 15 is 0 Å². The predicted octanol–water partition coefficient (Wildman–Crippen LogP) is 3.10. The van der Waals surface area contributed by atoms with Gasteiger partial charge in [-0.1, -0.05) is 0 Å². The first-order valence-corrected chi connectivity index (χ1v) is 8.07. The molecular formula is C13H18BrNO2S. The van der Waals surface area contributed by atoms with Crippen LogP contribution in [0.1, 0.15) is 30.9 Å². The Bertz CT molecular complexity index is 417. The highest BCUT2D eigenvalue weighted by molar-refractivity contribution is 9.11. The van der Waals surface area contributed by atoms with Crippen LogP contribution in [-0.2, 0) is 9.47 Å². The molecule has 2 aliphatic heterocycles. The van der Waals surface area contributed by atoms with Crippen molar-refractivity contribution in [1.82, 2.24) is 0 Å². The summed E-state index contributed by atoms with van der Waals surface area (Å²) in [5, 5.41) is 2.15. The van der Waals surface area contributed by atoms with Crippen LogP contribution in [0.5, 0.6) is 0 Å². The molecule has 2 aliphatic rings. The van der Waals surface area contributed by atoms with E-state index in [0.717, 1.165) is 42.9 Å². The molecule has 2 N–H and O–H groups in total. The first-order valence-electron chi connectivity index (χ1n) is 6.40. The molecule has 1 aromatic heterocycles. The fourth-order valence-electron chi connectivity index (χ4n) is 3.01. The Labute approximate surface area is 120 Å². The number of halogens is 1. The summed E-state index contributed by atoms with van der Waals surface area (Å²) in [5.41, 5.74) is 7.62. The lowest BCUT2D eigenvalue weighted by atomic mass is 9.80. The average molecular weight is 332 g/mol. The highest BCUT2D eigenvalue weighted by Crippen LogP contribution is 2.41. The fraction of sp³-hybridized carbons (Fsp3) is 0.692.